The number of halogens is 2. The van der Waals surface area contributed by atoms with Crippen LogP contribution in [0.15, 0.2) is 72.8 Å². The second-order valence-electron chi connectivity index (χ2n) is 24.4. The van der Waals surface area contributed by atoms with Crippen LogP contribution in [0.3, 0.4) is 0 Å². The van der Waals surface area contributed by atoms with Crippen molar-refractivity contribution in [2.24, 2.45) is 0 Å². The second kappa shape index (κ2) is 41.3. The van der Waals surface area contributed by atoms with E-state index in [4.69, 9.17) is 0 Å². The van der Waals surface area contributed by atoms with Crippen molar-refractivity contribution in [1.82, 2.24) is 0 Å². The van der Waals surface area contributed by atoms with Crippen LogP contribution >= 0.6 is 0 Å². The summed E-state index contributed by atoms with van der Waals surface area (Å²) in [5, 5.41) is 12.0. The Morgan fingerprint density at radius 3 is 0.622 bits per heavy atom. The maximum Gasteiger partial charge on any atom is -1.00 e. The van der Waals surface area contributed by atoms with Gasteiger partial charge in [-0.1, -0.05) is 260 Å². The fraction of sp³-hybridized carbons (Fsp3) is 0.526. The maximum absolute atomic E-state index is 2.36. The maximum atomic E-state index is 2.36. The van der Waals surface area contributed by atoms with Crippen molar-refractivity contribution in [2.45, 2.75) is 265 Å². The van der Waals surface area contributed by atoms with Gasteiger partial charge in [0.15, 0.2) is 0 Å². The molecule has 82 heavy (non-hydrogen) atoms. The van der Waals surface area contributed by atoms with E-state index in [1.807, 2.05) is 0 Å². The Balaban J connectivity index is 0.000000518. The Labute approximate surface area is 547 Å². The van der Waals surface area contributed by atoms with Gasteiger partial charge in [0.25, 0.3) is 0 Å². The molecule has 0 spiro atoms. The molecule has 8 aromatic rings. The summed E-state index contributed by atoms with van der Waals surface area (Å²) < 4.78 is 0. The molecular formula is C76H112Cl2Si2Zr2-2. The van der Waals surface area contributed by atoms with Crippen molar-refractivity contribution in [3.8, 4) is 0 Å². The largest absolute Gasteiger partial charge is 1.00 e. The summed E-state index contributed by atoms with van der Waals surface area (Å²) in [7, 11) is 0. The molecule has 0 N–H and O–H groups in total. The summed E-state index contributed by atoms with van der Waals surface area (Å²) in [6.07, 6.45) is 26.5. The zero-order chi connectivity index (χ0) is 59.6. The molecule has 0 aliphatic carbocycles. The minimum Gasteiger partial charge on any atom is -1.00 e. The first-order valence-electron chi connectivity index (χ1n) is 31.7. The summed E-state index contributed by atoms with van der Waals surface area (Å²) in [5.41, 5.74) is 24.0. The Morgan fingerprint density at radius 1 is 0.293 bits per heavy atom. The van der Waals surface area contributed by atoms with Crippen LogP contribution in [0.4, 0.5) is 0 Å². The Hall–Kier alpha value is -1.90. The van der Waals surface area contributed by atoms with Gasteiger partial charge in [-0.25, -0.2) is 0 Å². The SMILES string of the molecule is CCCCCCc1ccc(C)c2[cH-]c(C)c(C)c12.CCCCCCc1ccc(C)c2[cH-]c(C)c(C)c12.CCCCCCc1ccc(C)c2[cH-]c(C)c(C)c12.CCCCCCc1ccc(C)c2[cH-]c(C)c(C)c12.C[Si](C)=[Zr+2].C[Si](C)=[Zr+2].[Cl-].[Cl-]. The summed E-state index contributed by atoms with van der Waals surface area (Å²) in [6, 6.07) is 28.0. The third-order valence-corrected chi connectivity index (χ3v) is 16.7. The molecular weight excluding hydrogens is 1220 g/mol. The van der Waals surface area contributed by atoms with E-state index in [1.54, 1.807) is 68.9 Å². The van der Waals surface area contributed by atoms with Crippen LogP contribution < -0.4 is 24.8 Å². The molecule has 0 saturated carbocycles. The molecule has 0 amide bonds. The van der Waals surface area contributed by atoms with Crippen LogP contribution in [0, 0.1) is 83.1 Å². The Bertz CT molecular complexity index is 2750. The first-order chi connectivity index (χ1) is 38.1. The zero-order valence-corrected chi connectivity index (χ0v) is 64.3. The van der Waals surface area contributed by atoms with Crippen molar-refractivity contribution >= 4 is 54.0 Å². The van der Waals surface area contributed by atoms with Crippen LogP contribution in [0.2, 0.25) is 26.2 Å². The van der Waals surface area contributed by atoms with E-state index in [-0.39, 0.29) is 35.7 Å². The van der Waals surface area contributed by atoms with Gasteiger partial charge in [0.1, 0.15) is 0 Å². The topological polar surface area (TPSA) is 0 Å². The van der Waals surface area contributed by atoms with Crippen LogP contribution in [0.1, 0.15) is 219 Å². The van der Waals surface area contributed by atoms with Gasteiger partial charge in [0.05, 0.1) is 0 Å². The van der Waals surface area contributed by atoms with Crippen LogP contribution in [-0.2, 0) is 72.4 Å². The number of hydrogen-bond donors (Lipinski definition) is 0. The molecule has 0 saturated heterocycles. The van der Waals surface area contributed by atoms with Crippen molar-refractivity contribution in [3.05, 3.63) is 162 Å². The van der Waals surface area contributed by atoms with E-state index >= 15 is 0 Å². The minimum atomic E-state index is 0. The van der Waals surface area contributed by atoms with E-state index < -0.39 is 0 Å². The number of hydrogen-bond acceptors (Lipinski definition) is 0. The number of aryl methyl sites for hydroxylation is 16. The van der Waals surface area contributed by atoms with Crippen LogP contribution in [0.25, 0.3) is 43.1 Å². The summed E-state index contributed by atoms with van der Waals surface area (Å²) in [5.74, 6) is 0. The van der Waals surface area contributed by atoms with Crippen molar-refractivity contribution in [3.63, 3.8) is 0 Å². The number of fused-ring (bicyclic) bond motifs is 4. The van der Waals surface area contributed by atoms with Gasteiger partial charge < -0.3 is 24.8 Å². The van der Waals surface area contributed by atoms with Crippen molar-refractivity contribution < 1.29 is 71.5 Å². The standard InChI is InChI=1S/4C18H25.2C2H6Si.2ClH.2Zr/c4*1-5-6-7-8-9-16-11-10-13(2)17-12-14(3)15(4)18(16)17;2*1-3-2;;;;/h4*10-12H,5-9H2,1-4H3;2*1-2H3;2*1H;;/q4*-1;;;;;2*+2/p-2. The fourth-order valence-corrected chi connectivity index (χ4v) is 11.5. The quantitative estimate of drug-likeness (QED) is 0.0405. The molecule has 0 nitrogen and oxygen atoms in total. The number of rotatable bonds is 20. The normalized spacial score (nSPS) is 10.6. The molecule has 0 fully saturated rings. The average Bonchev–Trinajstić information content (AvgIpc) is 4.11. The first kappa shape index (κ1) is 78.1. The molecule has 0 heterocycles. The third kappa shape index (κ3) is 24.3. The predicted octanol–water partition coefficient (Wildman–Crippen LogP) is 18.0. The molecule has 448 valence electrons. The number of unbranched alkanes of at least 4 members (excludes halogenated alkanes) is 12. The summed E-state index contributed by atoms with van der Waals surface area (Å²) >= 11 is 3.48. The first-order valence-corrected chi connectivity index (χ1v) is 44.1. The Morgan fingerprint density at radius 2 is 0.463 bits per heavy atom. The van der Waals surface area contributed by atoms with Crippen molar-refractivity contribution in [1.29, 1.82) is 0 Å². The van der Waals surface area contributed by atoms with Gasteiger partial charge in [0.2, 0.25) is 0 Å². The number of benzene rings is 4. The molecule has 0 aliphatic heterocycles. The average molecular weight is 1340 g/mol. The molecule has 8 aromatic carbocycles. The van der Waals surface area contributed by atoms with E-state index in [1.165, 1.54) is 238 Å². The van der Waals surface area contributed by atoms with Gasteiger partial charge >= 0.3 is 83.7 Å². The van der Waals surface area contributed by atoms with Gasteiger partial charge in [-0.3, -0.25) is 0 Å². The van der Waals surface area contributed by atoms with Gasteiger partial charge in [-0.2, -0.15) is 22.3 Å². The van der Waals surface area contributed by atoms with Crippen LogP contribution in [0.5, 0.6) is 0 Å². The van der Waals surface area contributed by atoms with Gasteiger partial charge in [-0.05, 0) is 25.7 Å². The third-order valence-electron chi connectivity index (χ3n) is 16.7. The minimum absolute atomic E-state index is 0. The van der Waals surface area contributed by atoms with E-state index in [0.29, 0.717) is 0 Å². The van der Waals surface area contributed by atoms with Gasteiger partial charge in [0, 0.05) is 0 Å². The molecule has 0 aliphatic rings. The molecule has 0 unspecified atom stereocenters. The monoisotopic (exact) mass is 1330 g/mol. The van der Waals surface area contributed by atoms with Crippen LogP contribution in [-0.4, -0.2) is 10.9 Å². The summed E-state index contributed by atoms with van der Waals surface area (Å²) in [6.45, 7) is 45.2. The van der Waals surface area contributed by atoms with Crippen molar-refractivity contribution in [2.75, 3.05) is 0 Å². The zero-order valence-electron chi connectivity index (χ0n) is 55.8. The molecule has 0 radical (unpaired) electrons. The molecule has 8 rings (SSSR count). The Kier molecular flexibility index (Phi) is 39.3. The molecule has 0 aromatic heterocycles. The molecule has 0 atom stereocenters. The second-order valence-corrected chi connectivity index (χ2v) is 43.1. The van der Waals surface area contributed by atoms with E-state index in [2.05, 4.69) is 210 Å². The summed E-state index contributed by atoms with van der Waals surface area (Å²) in [4.78, 5) is 0. The predicted molar refractivity (Wildman–Crippen MR) is 361 cm³/mol. The molecule has 6 heteroatoms. The molecule has 0 bridgehead atoms. The van der Waals surface area contributed by atoms with E-state index in [0.717, 1.165) is 0 Å². The smallest absolute Gasteiger partial charge is 1.00 e. The van der Waals surface area contributed by atoms with Gasteiger partial charge in [-0.15, -0.1) is 136 Å². The van der Waals surface area contributed by atoms with E-state index in [9.17, 15) is 0 Å². The fourth-order valence-electron chi connectivity index (χ4n) is 11.5.